The van der Waals surface area contributed by atoms with Crippen molar-refractivity contribution in [2.24, 2.45) is 0 Å². The summed E-state index contributed by atoms with van der Waals surface area (Å²) in [5, 5.41) is 8.69. The third-order valence-electron chi connectivity index (χ3n) is 2.92. The van der Waals surface area contributed by atoms with Gasteiger partial charge < -0.3 is 9.84 Å². The van der Waals surface area contributed by atoms with Crippen LogP contribution < -0.4 is 4.72 Å². The Labute approximate surface area is 125 Å². The number of rotatable bonds is 9. The number of ether oxygens (including phenoxy) is 1. The molecule has 1 aromatic rings. The van der Waals surface area contributed by atoms with Gasteiger partial charge in [0.25, 0.3) is 0 Å². The molecule has 0 amide bonds. The molecular weight excluding hydrogens is 294 g/mol. The summed E-state index contributed by atoms with van der Waals surface area (Å²) in [7, 11) is -2.10. The second-order valence-corrected chi connectivity index (χ2v) is 6.49. The van der Waals surface area contributed by atoms with Crippen LogP contribution in [0.2, 0.25) is 0 Å². The first-order valence-corrected chi connectivity index (χ1v) is 8.19. The summed E-state index contributed by atoms with van der Waals surface area (Å²) in [5.74, 6) is -0.952. The lowest BCUT2D eigenvalue weighted by Gasteiger charge is -2.17. The number of carboxylic acid groups (broad SMARTS) is 1. The Bertz CT molecular complexity index is 547. The summed E-state index contributed by atoms with van der Waals surface area (Å²) in [6.07, 6.45) is 1.40. The van der Waals surface area contributed by atoms with Crippen LogP contribution in [0.25, 0.3) is 0 Å². The molecular formula is C14H21NO5S. The first-order chi connectivity index (χ1) is 9.89. The molecule has 118 valence electrons. The molecule has 6 nitrogen and oxygen atoms in total. The quantitative estimate of drug-likeness (QED) is 0.718. The average Bonchev–Trinajstić information content (AvgIpc) is 2.38. The smallest absolute Gasteiger partial charge is 0.307 e. The molecule has 0 radical (unpaired) electrons. The molecule has 0 saturated carbocycles. The molecule has 1 unspecified atom stereocenters. The van der Waals surface area contributed by atoms with Gasteiger partial charge in [-0.15, -0.1) is 0 Å². The number of hydrogen-bond donors (Lipinski definition) is 2. The molecule has 1 rings (SSSR count). The maximum absolute atomic E-state index is 12.2. The molecule has 0 saturated heterocycles. The second-order valence-electron chi connectivity index (χ2n) is 4.78. The summed E-state index contributed by atoms with van der Waals surface area (Å²) in [5.41, 5.74) is 0.559. The highest BCUT2D eigenvalue weighted by Gasteiger charge is 2.19. The third kappa shape index (κ3) is 5.82. The highest BCUT2D eigenvalue weighted by atomic mass is 32.2. The monoisotopic (exact) mass is 315 g/mol. The number of hydrogen-bond acceptors (Lipinski definition) is 4. The summed E-state index contributed by atoms with van der Waals surface area (Å²) in [6, 6.07) is 5.57. The number of nitrogens with one attached hydrogen (secondary N) is 1. The Morgan fingerprint density at radius 3 is 2.43 bits per heavy atom. The van der Waals surface area contributed by atoms with Crippen LogP contribution in [0, 0.1) is 0 Å². The van der Waals surface area contributed by atoms with Crippen LogP contribution >= 0.6 is 0 Å². The lowest BCUT2D eigenvalue weighted by molar-refractivity contribution is -0.136. The molecule has 0 spiro atoms. The van der Waals surface area contributed by atoms with Crippen LogP contribution in [0.5, 0.6) is 0 Å². The maximum Gasteiger partial charge on any atom is 0.307 e. The van der Waals surface area contributed by atoms with E-state index < -0.39 is 16.0 Å². The van der Waals surface area contributed by atoms with Crippen molar-refractivity contribution in [1.29, 1.82) is 0 Å². The minimum absolute atomic E-state index is 0.119. The Balaban J connectivity index is 2.83. The van der Waals surface area contributed by atoms with Crippen LogP contribution in [0.4, 0.5) is 0 Å². The standard InChI is InChI=1S/C14H21NO5S/c1-3-4-12(10-20-2)15-21(18,19)13-7-5-11(6-8-13)9-14(16)17/h5-8,12,15H,3-4,9-10H2,1-2H3,(H,16,17). The van der Waals surface area contributed by atoms with Crippen molar-refractivity contribution in [2.75, 3.05) is 13.7 Å². The minimum Gasteiger partial charge on any atom is -0.481 e. The number of methoxy groups -OCH3 is 1. The van der Waals surface area contributed by atoms with Crippen molar-refractivity contribution in [2.45, 2.75) is 37.1 Å². The summed E-state index contributed by atoms with van der Waals surface area (Å²) in [6.45, 7) is 2.28. The fourth-order valence-electron chi connectivity index (χ4n) is 1.97. The molecule has 0 bridgehead atoms. The van der Waals surface area contributed by atoms with E-state index in [0.717, 1.165) is 6.42 Å². The van der Waals surface area contributed by atoms with Gasteiger partial charge in [0.1, 0.15) is 0 Å². The summed E-state index contributed by atoms with van der Waals surface area (Å²) in [4.78, 5) is 10.7. The van der Waals surface area contributed by atoms with Crippen molar-refractivity contribution in [1.82, 2.24) is 4.72 Å². The van der Waals surface area contributed by atoms with E-state index in [4.69, 9.17) is 9.84 Å². The van der Waals surface area contributed by atoms with Gasteiger partial charge in [0, 0.05) is 13.2 Å². The van der Waals surface area contributed by atoms with Crippen LogP contribution in [0.15, 0.2) is 29.2 Å². The van der Waals surface area contributed by atoms with Gasteiger partial charge in [-0.1, -0.05) is 25.5 Å². The van der Waals surface area contributed by atoms with Crippen molar-refractivity contribution < 1.29 is 23.1 Å². The number of benzene rings is 1. The van der Waals surface area contributed by atoms with Gasteiger partial charge in [-0.05, 0) is 24.1 Å². The first kappa shape index (κ1) is 17.6. The predicted octanol–water partition coefficient (Wildman–Crippen LogP) is 1.41. The first-order valence-electron chi connectivity index (χ1n) is 6.71. The molecule has 0 aromatic heterocycles. The molecule has 0 aliphatic carbocycles. The van der Waals surface area contributed by atoms with Crippen LogP contribution in [0.1, 0.15) is 25.3 Å². The Kier molecular flexibility index (Phi) is 6.80. The third-order valence-corrected chi connectivity index (χ3v) is 4.45. The van der Waals surface area contributed by atoms with Crippen molar-refractivity contribution >= 4 is 16.0 Å². The maximum atomic E-state index is 12.2. The molecule has 2 N–H and O–H groups in total. The van der Waals surface area contributed by atoms with E-state index >= 15 is 0 Å². The van der Waals surface area contributed by atoms with E-state index in [1.54, 1.807) is 0 Å². The topological polar surface area (TPSA) is 92.7 Å². The molecule has 0 aliphatic rings. The van der Waals surface area contributed by atoms with Crippen LogP contribution in [-0.2, 0) is 26.0 Å². The molecule has 0 fully saturated rings. The van der Waals surface area contributed by atoms with Crippen molar-refractivity contribution in [3.63, 3.8) is 0 Å². The zero-order valence-electron chi connectivity index (χ0n) is 12.2. The van der Waals surface area contributed by atoms with E-state index in [2.05, 4.69) is 4.72 Å². The molecule has 0 aliphatic heterocycles. The lowest BCUT2D eigenvalue weighted by Crippen LogP contribution is -2.37. The normalized spacial score (nSPS) is 13.0. The van der Waals surface area contributed by atoms with Gasteiger partial charge in [0.05, 0.1) is 17.9 Å². The van der Waals surface area contributed by atoms with Gasteiger partial charge >= 0.3 is 5.97 Å². The van der Waals surface area contributed by atoms with Crippen molar-refractivity contribution in [3.05, 3.63) is 29.8 Å². The summed E-state index contributed by atoms with van der Waals surface area (Å²) >= 11 is 0. The second kappa shape index (κ2) is 8.11. The Hall–Kier alpha value is -1.44. The van der Waals surface area contributed by atoms with Gasteiger partial charge in [0.15, 0.2) is 0 Å². The van der Waals surface area contributed by atoms with Crippen LogP contribution in [-0.4, -0.2) is 39.3 Å². The van der Waals surface area contributed by atoms with E-state index in [0.29, 0.717) is 18.6 Å². The van der Waals surface area contributed by atoms with E-state index in [1.807, 2.05) is 6.92 Å². The minimum atomic E-state index is -3.63. The van der Waals surface area contributed by atoms with Gasteiger partial charge in [-0.2, -0.15) is 0 Å². The highest BCUT2D eigenvalue weighted by molar-refractivity contribution is 7.89. The van der Waals surface area contributed by atoms with Gasteiger partial charge in [-0.25, -0.2) is 13.1 Å². The zero-order valence-corrected chi connectivity index (χ0v) is 13.0. The zero-order chi connectivity index (χ0) is 15.9. The van der Waals surface area contributed by atoms with Crippen LogP contribution in [0.3, 0.4) is 0 Å². The molecule has 1 atom stereocenters. The fraction of sp³-hybridized carbons (Fsp3) is 0.500. The van der Waals surface area contributed by atoms with Crippen molar-refractivity contribution in [3.8, 4) is 0 Å². The largest absolute Gasteiger partial charge is 0.481 e. The number of carbonyl (C=O) groups is 1. The molecule has 0 heterocycles. The van der Waals surface area contributed by atoms with E-state index in [1.165, 1.54) is 31.4 Å². The lowest BCUT2D eigenvalue weighted by atomic mass is 10.2. The molecule has 1 aromatic carbocycles. The van der Waals surface area contributed by atoms with Gasteiger partial charge in [-0.3, -0.25) is 4.79 Å². The number of carboxylic acids is 1. The number of sulfonamides is 1. The fourth-order valence-corrected chi connectivity index (χ4v) is 3.23. The van der Waals surface area contributed by atoms with E-state index in [9.17, 15) is 13.2 Å². The summed E-state index contributed by atoms with van der Waals surface area (Å²) < 4.78 is 32.1. The van der Waals surface area contributed by atoms with E-state index in [-0.39, 0.29) is 17.4 Å². The number of aliphatic carboxylic acids is 1. The molecule has 21 heavy (non-hydrogen) atoms. The van der Waals surface area contributed by atoms with Gasteiger partial charge in [0.2, 0.25) is 10.0 Å². The SMILES string of the molecule is CCCC(COC)NS(=O)(=O)c1ccc(CC(=O)O)cc1. The molecule has 7 heteroatoms. The Morgan fingerprint density at radius 2 is 1.95 bits per heavy atom. The Morgan fingerprint density at radius 1 is 1.33 bits per heavy atom. The highest BCUT2D eigenvalue weighted by Crippen LogP contribution is 2.13. The predicted molar refractivity (Wildman–Crippen MR) is 78.7 cm³/mol. The average molecular weight is 315 g/mol.